The molecule has 0 aliphatic rings. The molecule has 80 valence electrons. The summed E-state index contributed by atoms with van der Waals surface area (Å²) in [4.78, 5) is 0. The second kappa shape index (κ2) is 7.46. The lowest BCUT2D eigenvalue weighted by Gasteiger charge is -2.25. The van der Waals surface area contributed by atoms with Gasteiger partial charge in [-0.3, -0.25) is 5.32 Å². The summed E-state index contributed by atoms with van der Waals surface area (Å²) in [5.74, 6) is 0. The van der Waals surface area contributed by atoms with Crippen LogP contribution in [-0.4, -0.2) is 35.3 Å². The SMILES string of the molecule is CCCC(NC(C)N)[SiH](OC)OC. The van der Waals surface area contributed by atoms with E-state index in [4.69, 9.17) is 14.6 Å². The molecule has 13 heavy (non-hydrogen) atoms. The number of nitrogens with one attached hydrogen (secondary N) is 1. The number of hydrogen-bond donors (Lipinski definition) is 2. The van der Waals surface area contributed by atoms with Gasteiger partial charge in [-0.05, 0) is 13.3 Å². The fourth-order valence-electron chi connectivity index (χ4n) is 1.37. The van der Waals surface area contributed by atoms with Crippen LogP contribution in [0.2, 0.25) is 0 Å². The third kappa shape index (κ3) is 5.38. The van der Waals surface area contributed by atoms with E-state index in [1.54, 1.807) is 14.2 Å². The Labute approximate surface area is 82.6 Å². The highest BCUT2D eigenvalue weighted by atomic mass is 28.3. The monoisotopic (exact) mass is 206 g/mol. The number of hydrogen-bond acceptors (Lipinski definition) is 4. The van der Waals surface area contributed by atoms with Crippen molar-refractivity contribution in [2.45, 2.75) is 38.5 Å². The minimum absolute atomic E-state index is 0.00292. The molecule has 3 N–H and O–H groups in total. The second-order valence-corrected chi connectivity index (χ2v) is 5.67. The van der Waals surface area contributed by atoms with E-state index in [0.717, 1.165) is 12.8 Å². The molecule has 0 fully saturated rings. The zero-order valence-corrected chi connectivity index (χ0v) is 10.2. The predicted octanol–water partition coefficient (Wildman–Crippen LogP) is 0.102. The molecule has 0 radical (unpaired) electrons. The molecule has 0 aromatic heterocycles. The highest BCUT2D eigenvalue weighted by Crippen LogP contribution is 2.03. The first-order valence-electron chi connectivity index (χ1n) is 4.72. The third-order valence-corrected chi connectivity index (χ3v) is 3.98. The smallest absolute Gasteiger partial charge is 0.338 e. The summed E-state index contributed by atoms with van der Waals surface area (Å²) in [6.07, 6.45) is 2.16. The second-order valence-electron chi connectivity index (χ2n) is 3.19. The number of nitrogens with two attached hydrogens (primary N) is 1. The van der Waals surface area contributed by atoms with Gasteiger partial charge < -0.3 is 14.6 Å². The lowest BCUT2D eigenvalue weighted by atomic mass is 10.3. The summed E-state index contributed by atoms with van der Waals surface area (Å²) >= 11 is 0. The van der Waals surface area contributed by atoms with Crippen molar-refractivity contribution in [3.05, 3.63) is 0 Å². The molecule has 0 aromatic rings. The van der Waals surface area contributed by atoms with Crippen molar-refractivity contribution in [1.82, 2.24) is 5.32 Å². The normalized spacial score (nSPS) is 16.2. The Balaban J connectivity index is 4.03. The van der Waals surface area contributed by atoms with Gasteiger partial charge in [-0.1, -0.05) is 13.3 Å². The fraction of sp³-hybridized carbons (Fsp3) is 1.00. The zero-order valence-electron chi connectivity index (χ0n) is 9.04. The van der Waals surface area contributed by atoms with Gasteiger partial charge in [0.2, 0.25) is 0 Å². The maximum atomic E-state index is 5.67. The molecule has 0 amide bonds. The van der Waals surface area contributed by atoms with Crippen molar-refractivity contribution < 1.29 is 8.85 Å². The molecular weight excluding hydrogens is 184 g/mol. The van der Waals surface area contributed by atoms with Gasteiger partial charge in [-0.15, -0.1) is 0 Å². The number of rotatable bonds is 7. The van der Waals surface area contributed by atoms with Crippen molar-refractivity contribution in [1.29, 1.82) is 0 Å². The summed E-state index contributed by atoms with van der Waals surface area (Å²) in [6.45, 7) is 4.08. The van der Waals surface area contributed by atoms with Gasteiger partial charge in [0, 0.05) is 19.9 Å². The molecule has 0 aliphatic carbocycles. The minimum atomic E-state index is -1.57. The molecule has 0 aliphatic heterocycles. The van der Waals surface area contributed by atoms with Crippen LogP contribution in [0.4, 0.5) is 0 Å². The van der Waals surface area contributed by atoms with Crippen LogP contribution >= 0.6 is 0 Å². The molecule has 0 saturated heterocycles. The Morgan fingerprint density at radius 1 is 1.38 bits per heavy atom. The third-order valence-electron chi connectivity index (χ3n) is 1.87. The van der Waals surface area contributed by atoms with Gasteiger partial charge in [0.1, 0.15) is 0 Å². The van der Waals surface area contributed by atoms with E-state index in [0.29, 0.717) is 5.67 Å². The molecule has 2 unspecified atom stereocenters. The fourth-order valence-corrected chi connectivity index (χ4v) is 3.29. The van der Waals surface area contributed by atoms with E-state index in [9.17, 15) is 0 Å². The van der Waals surface area contributed by atoms with E-state index in [1.165, 1.54) is 0 Å². The molecular formula is C8H22N2O2Si. The first-order valence-corrected chi connectivity index (χ1v) is 6.33. The largest absolute Gasteiger partial charge is 0.399 e. The van der Waals surface area contributed by atoms with Crippen LogP contribution < -0.4 is 11.1 Å². The average Bonchev–Trinajstić information content (AvgIpc) is 2.05. The first-order chi connectivity index (χ1) is 6.15. The summed E-state index contributed by atoms with van der Waals surface area (Å²) in [5, 5.41) is 3.27. The quantitative estimate of drug-likeness (QED) is 0.458. The summed E-state index contributed by atoms with van der Waals surface area (Å²) in [5.41, 5.74) is 5.98. The first kappa shape index (κ1) is 13.1. The average molecular weight is 206 g/mol. The molecule has 0 saturated carbocycles. The maximum Gasteiger partial charge on any atom is 0.338 e. The van der Waals surface area contributed by atoms with Crippen molar-refractivity contribution in [2.24, 2.45) is 5.73 Å². The van der Waals surface area contributed by atoms with Crippen LogP contribution in [0, 0.1) is 0 Å². The molecule has 4 nitrogen and oxygen atoms in total. The van der Waals surface area contributed by atoms with Gasteiger partial charge in [0.25, 0.3) is 0 Å². The minimum Gasteiger partial charge on any atom is -0.399 e. The highest BCUT2D eigenvalue weighted by Gasteiger charge is 2.23. The van der Waals surface area contributed by atoms with Crippen LogP contribution in [0.5, 0.6) is 0 Å². The van der Waals surface area contributed by atoms with Gasteiger partial charge in [-0.25, -0.2) is 0 Å². The Morgan fingerprint density at radius 3 is 2.23 bits per heavy atom. The van der Waals surface area contributed by atoms with Crippen molar-refractivity contribution in [3.8, 4) is 0 Å². The van der Waals surface area contributed by atoms with E-state index in [1.807, 2.05) is 6.92 Å². The molecule has 0 bridgehead atoms. The van der Waals surface area contributed by atoms with Gasteiger partial charge in [-0.2, -0.15) is 0 Å². The van der Waals surface area contributed by atoms with Crippen molar-refractivity contribution in [2.75, 3.05) is 14.2 Å². The van der Waals surface area contributed by atoms with Crippen LogP contribution in [0.3, 0.4) is 0 Å². The van der Waals surface area contributed by atoms with E-state index >= 15 is 0 Å². The molecule has 0 aromatic carbocycles. The van der Waals surface area contributed by atoms with Gasteiger partial charge in [0.15, 0.2) is 0 Å². The Bertz CT molecular complexity index is 121. The van der Waals surface area contributed by atoms with Crippen LogP contribution in [0.15, 0.2) is 0 Å². The Kier molecular flexibility index (Phi) is 7.49. The van der Waals surface area contributed by atoms with Gasteiger partial charge in [0.05, 0.1) is 6.17 Å². The molecule has 0 spiro atoms. The van der Waals surface area contributed by atoms with E-state index in [2.05, 4.69) is 12.2 Å². The standard InChI is InChI=1S/C8H22N2O2Si/c1-5-6-8(10-7(2)9)13(11-3)12-4/h7-8,10,13H,5-6,9H2,1-4H3. The zero-order chi connectivity index (χ0) is 10.3. The highest BCUT2D eigenvalue weighted by molar-refractivity contribution is 6.46. The van der Waals surface area contributed by atoms with Crippen molar-refractivity contribution >= 4 is 9.28 Å². The summed E-state index contributed by atoms with van der Waals surface area (Å²) < 4.78 is 10.6. The molecule has 0 rings (SSSR count). The summed E-state index contributed by atoms with van der Waals surface area (Å²) in [7, 11) is 1.83. The Hall–Kier alpha value is 0.0569. The van der Waals surface area contributed by atoms with Crippen LogP contribution in [-0.2, 0) is 8.85 Å². The molecule has 5 heteroatoms. The lowest BCUT2D eigenvalue weighted by Crippen LogP contribution is -2.51. The predicted molar refractivity (Wildman–Crippen MR) is 56.6 cm³/mol. The lowest BCUT2D eigenvalue weighted by molar-refractivity contribution is 0.251. The van der Waals surface area contributed by atoms with Crippen LogP contribution in [0.1, 0.15) is 26.7 Å². The topological polar surface area (TPSA) is 56.5 Å². The van der Waals surface area contributed by atoms with Crippen LogP contribution in [0.25, 0.3) is 0 Å². The van der Waals surface area contributed by atoms with E-state index in [-0.39, 0.29) is 6.17 Å². The molecule has 0 heterocycles. The Morgan fingerprint density at radius 2 is 1.92 bits per heavy atom. The van der Waals surface area contributed by atoms with E-state index < -0.39 is 9.28 Å². The van der Waals surface area contributed by atoms with Gasteiger partial charge >= 0.3 is 9.28 Å². The maximum absolute atomic E-state index is 5.67. The molecule has 2 atom stereocenters. The summed E-state index contributed by atoms with van der Waals surface area (Å²) in [6, 6.07) is 0. The van der Waals surface area contributed by atoms with Crippen molar-refractivity contribution in [3.63, 3.8) is 0 Å².